The Morgan fingerprint density at radius 3 is 2.71 bits per heavy atom. The molecular formula is C13H17NO5S2. The van der Waals surface area contributed by atoms with Crippen molar-refractivity contribution in [3.8, 4) is 0 Å². The molecule has 1 saturated heterocycles. The normalized spacial score (nSPS) is 22.8. The lowest BCUT2D eigenvalue weighted by molar-refractivity contribution is 0.0702. The molecule has 2 fully saturated rings. The molecule has 1 aromatic rings. The summed E-state index contributed by atoms with van der Waals surface area (Å²) in [5, 5.41) is 10.4. The van der Waals surface area contributed by atoms with E-state index in [1.165, 1.54) is 11.4 Å². The molecule has 1 aliphatic heterocycles. The van der Waals surface area contributed by atoms with E-state index in [0.717, 1.165) is 30.6 Å². The lowest BCUT2D eigenvalue weighted by Crippen LogP contribution is -2.37. The van der Waals surface area contributed by atoms with Crippen LogP contribution in [0.5, 0.6) is 0 Å². The molecule has 21 heavy (non-hydrogen) atoms. The molecule has 2 aliphatic rings. The number of ether oxygens (including phenoxy) is 1. The number of aromatic carboxylic acids is 1. The largest absolute Gasteiger partial charge is 0.477 e. The molecule has 2 heterocycles. The maximum Gasteiger partial charge on any atom is 0.345 e. The molecule has 1 unspecified atom stereocenters. The average Bonchev–Trinajstić information content (AvgIpc) is 2.95. The Hall–Kier alpha value is -0.960. The number of nitrogens with zero attached hydrogens (tertiary/aromatic N) is 1. The second-order valence-electron chi connectivity index (χ2n) is 5.49. The molecule has 1 aliphatic carbocycles. The van der Waals surface area contributed by atoms with Crippen molar-refractivity contribution in [3.63, 3.8) is 0 Å². The van der Waals surface area contributed by atoms with E-state index in [9.17, 15) is 13.2 Å². The first-order chi connectivity index (χ1) is 9.98. The minimum absolute atomic E-state index is 0.0496. The number of carboxylic acid groups (broad SMARTS) is 1. The molecule has 3 rings (SSSR count). The molecule has 116 valence electrons. The van der Waals surface area contributed by atoms with E-state index in [2.05, 4.69) is 0 Å². The van der Waals surface area contributed by atoms with Crippen molar-refractivity contribution < 1.29 is 23.1 Å². The molecule has 1 saturated carbocycles. The summed E-state index contributed by atoms with van der Waals surface area (Å²) in [7, 11) is -3.61. The van der Waals surface area contributed by atoms with Crippen LogP contribution < -0.4 is 0 Å². The fourth-order valence-electron chi connectivity index (χ4n) is 2.49. The predicted octanol–water partition coefficient (Wildman–Crippen LogP) is 1.64. The van der Waals surface area contributed by atoms with Gasteiger partial charge in [0, 0.05) is 24.6 Å². The Bertz CT molecular complexity index is 629. The van der Waals surface area contributed by atoms with Gasteiger partial charge in [-0.15, -0.1) is 11.3 Å². The van der Waals surface area contributed by atoms with Crippen LogP contribution in [-0.2, 0) is 14.8 Å². The lowest BCUT2D eigenvalue weighted by atomic mass is 10.1. The second-order valence-corrected chi connectivity index (χ2v) is 8.29. The Morgan fingerprint density at radius 1 is 1.43 bits per heavy atom. The van der Waals surface area contributed by atoms with E-state index in [-0.39, 0.29) is 21.7 Å². The van der Waals surface area contributed by atoms with Gasteiger partial charge in [-0.3, -0.25) is 0 Å². The molecule has 0 aromatic carbocycles. The highest BCUT2D eigenvalue weighted by Crippen LogP contribution is 2.34. The molecule has 1 aromatic heterocycles. The first-order valence-corrected chi connectivity index (χ1v) is 9.22. The fraction of sp³-hybridized carbons (Fsp3) is 0.615. The van der Waals surface area contributed by atoms with E-state index >= 15 is 0 Å². The zero-order valence-electron chi connectivity index (χ0n) is 11.4. The summed E-state index contributed by atoms with van der Waals surface area (Å²) < 4.78 is 32.3. The Morgan fingerprint density at radius 2 is 2.19 bits per heavy atom. The van der Waals surface area contributed by atoms with Crippen molar-refractivity contribution >= 4 is 27.3 Å². The van der Waals surface area contributed by atoms with Crippen molar-refractivity contribution in [3.05, 3.63) is 16.3 Å². The van der Waals surface area contributed by atoms with Gasteiger partial charge in [-0.25, -0.2) is 13.2 Å². The zero-order valence-corrected chi connectivity index (χ0v) is 13.0. The predicted molar refractivity (Wildman–Crippen MR) is 77.1 cm³/mol. The maximum atomic E-state index is 12.7. The first kappa shape index (κ1) is 15.0. The van der Waals surface area contributed by atoms with Gasteiger partial charge in [-0.05, 0) is 31.2 Å². The zero-order chi connectivity index (χ0) is 15.0. The summed E-state index contributed by atoms with van der Waals surface area (Å²) in [5.74, 6) is -0.860. The number of sulfonamides is 1. The highest BCUT2D eigenvalue weighted by molar-refractivity contribution is 7.89. The standard InChI is InChI=1S/C13H17NO5S2/c15-13(16)12-5-11(8-20-12)21(17,18)14(10-1-2-10)6-9-3-4-19-7-9/h5,8-10H,1-4,6-7H2,(H,15,16). The molecule has 1 atom stereocenters. The monoisotopic (exact) mass is 331 g/mol. The Kier molecular flexibility index (Phi) is 4.04. The van der Waals surface area contributed by atoms with Crippen LogP contribution in [0.3, 0.4) is 0 Å². The molecule has 0 radical (unpaired) electrons. The summed E-state index contributed by atoms with van der Waals surface area (Å²) in [5.41, 5.74) is 0. The van der Waals surface area contributed by atoms with Crippen LogP contribution in [0.25, 0.3) is 0 Å². The second kappa shape index (κ2) is 5.68. The van der Waals surface area contributed by atoms with Crippen LogP contribution in [0, 0.1) is 5.92 Å². The Balaban J connectivity index is 1.83. The molecule has 0 bridgehead atoms. The minimum Gasteiger partial charge on any atom is -0.477 e. The highest BCUT2D eigenvalue weighted by atomic mass is 32.2. The summed E-state index contributed by atoms with van der Waals surface area (Å²) in [6.45, 7) is 1.75. The number of carboxylic acids is 1. The molecule has 1 N–H and O–H groups in total. The van der Waals surface area contributed by atoms with E-state index in [4.69, 9.17) is 9.84 Å². The fourth-order valence-corrected chi connectivity index (χ4v) is 5.35. The van der Waals surface area contributed by atoms with E-state index in [1.54, 1.807) is 4.31 Å². The smallest absolute Gasteiger partial charge is 0.345 e. The lowest BCUT2D eigenvalue weighted by Gasteiger charge is -2.23. The van der Waals surface area contributed by atoms with Crippen LogP contribution in [-0.4, -0.2) is 49.6 Å². The maximum absolute atomic E-state index is 12.7. The third-order valence-electron chi connectivity index (χ3n) is 3.81. The van der Waals surface area contributed by atoms with Crippen LogP contribution in [0.15, 0.2) is 16.3 Å². The van der Waals surface area contributed by atoms with Gasteiger partial charge in [-0.1, -0.05) is 0 Å². The van der Waals surface area contributed by atoms with Gasteiger partial charge in [0.25, 0.3) is 0 Å². The van der Waals surface area contributed by atoms with Crippen molar-refractivity contribution in [2.24, 2.45) is 5.92 Å². The van der Waals surface area contributed by atoms with Crippen molar-refractivity contribution in [1.82, 2.24) is 4.31 Å². The van der Waals surface area contributed by atoms with E-state index in [0.29, 0.717) is 19.8 Å². The summed E-state index contributed by atoms with van der Waals surface area (Å²) in [4.78, 5) is 11.1. The number of rotatable bonds is 6. The highest BCUT2D eigenvalue weighted by Gasteiger charge is 2.40. The van der Waals surface area contributed by atoms with Crippen molar-refractivity contribution in [2.75, 3.05) is 19.8 Å². The molecule has 0 spiro atoms. The molecule has 6 nitrogen and oxygen atoms in total. The number of thiophene rings is 1. The number of hydrogen-bond acceptors (Lipinski definition) is 5. The van der Waals surface area contributed by atoms with Crippen LogP contribution >= 0.6 is 11.3 Å². The third kappa shape index (κ3) is 3.13. The molecular weight excluding hydrogens is 314 g/mol. The molecule has 8 heteroatoms. The van der Waals surface area contributed by atoms with E-state index in [1.807, 2.05) is 0 Å². The van der Waals surface area contributed by atoms with E-state index < -0.39 is 16.0 Å². The van der Waals surface area contributed by atoms with Gasteiger partial charge < -0.3 is 9.84 Å². The summed E-state index contributed by atoms with van der Waals surface area (Å²) >= 11 is 0.947. The Labute approximate surface area is 127 Å². The number of hydrogen-bond donors (Lipinski definition) is 1. The quantitative estimate of drug-likeness (QED) is 0.856. The van der Waals surface area contributed by atoms with Gasteiger partial charge in [0.15, 0.2) is 0 Å². The van der Waals surface area contributed by atoms with Gasteiger partial charge in [0.2, 0.25) is 10.0 Å². The van der Waals surface area contributed by atoms with Crippen LogP contribution in [0.1, 0.15) is 28.9 Å². The van der Waals surface area contributed by atoms with Crippen LogP contribution in [0.2, 0.25) is 0 Å². The average molecular weight is 331 g/mol. The third-order valence-corrected chi connectivity index (χ3v) is 6.77. The minimum atomic E-state index is -3.61. The summed E-state index contributed by atoms with van der Waals surface area (Å²) in [6, 6.07) is 1.31. The van der Waals surface area contributed by atoms with Gasteiger partial charge in [0.05, 0.1) is 11.5 Å². The SMILES string of the molecule is O=C(O)c1cc(S(=O)(=O)N(CC2CCOC2)C2CC2)cs1. The van der Waals surface area contributed by atoms with Crippen LogP contribution in [0.4, 0.5) is 0 Å². The topological polar surface area (TPSA) is 83.9 Å². The van der Waals surface area contributed by atoms with Crippen molar-refractivity contribution in [2.45, 2.75) is 30.2 Å². The van der Waals surface area contributed by atoms with Crippen molar-refractivity contribution in [1.29, 1.82) is 0 Å². The first-order valence-electron chi connectivity index (χ1n) is 6.90. The number of carbonyl (C=O) groups is 1. The van der Waals surface area contributed by atoms with Gasteiger partial charge in [-0.2, -0.15) is 4.31 Å². The molecule has 0 amide bonds. The summed E-state index contributed by atoms with van der Waals surface area (Å²) in [6.07, 6.45) is 2.63. The van der Waals surface area contributed by atoms with Gasteiger partial charge >= 0.3 is 5.97 Å². The van der Waals surface area contributed by atoms with Gasteiger partial charge in [0.1, 0.15) is 4.88 Å².